The summed E-state index contributed by atoms with van der Waals surface area (Å²) in [7, 11) is 0. The van der Waals surface area contributed by atoms with Crippen LogP contribution in [0.1, 0.15) is 21.5 Å². The highest BCUT2D eigenvalue weighted by molar-refractivity contribution is 6.35. The lowest BCUT2D eigenvalue weighted by molar-refractivity contribution is 0.102. The lowest BCUT2D eigenvalue weighted by atomic mass is 10.1. The van der Waals surface area contributed by atoms with E-state index in [1.54, 1.807) is 25.1 Å². The summed E-state index contributed by atoms with van der Waals surface area (Å²) in [5.74, 6) is -0.324. The van der Waals surface area contributed by atoms with Gasteiger partial charge in [0.15, 0.2) is 5.15 Å². The minimum Gasteiger partial charge on any atom is -0.398 e. The van der Waals surface area contributed by atoms with E-state index >= 15 is 0 Å². The van der Waals surface area contributed by atoms with E-state index in [2.05, 4.69) is 10.3 Å². The SMILES string of the molecule is Cc1cc(Cl)nc(Cl)c1NC(=O)c1c(C)cccc1N. The quantitative estimate of drug-likeness (QED) is 0.654. The molecule has 0 aliphatic rings. The number of anilines is 2. The fraction of sp³-hybridized carbons (Fsp3) is 0.143. The lowest BCUT2D eigenvalue weighted by Crippen LogP contribution is -2.16. The minimum absolute atomic E-state index is 0.149. The Balaban J connectivity index is 2.38. The maximum Gasteiger partial charge on any atom is 0.258 e. The molecule has 0 saturated heterocycles. The van der Waals surface area contributed by atoms with Crippen molar-refractivity contribution in [1.29, 1.82) is 0 Å². The van der Waals surface area contributed by atoms with E-state index in [4.69, 9.17) is 28.9 Å². The van der Waals surface area contributed by atoms with E-state index in [1.807, 2.05) is 13.0 Å². The number of benzene rings is 1. The molecular weight excluding hydrogens is 297 g/mol. The fourth-order valence-electron chi connectivity index (χ4n) is 1.92. The summed E-state index contributed by atoms with van der Waals surface area (Å²) in [5, 5.41) is 3.16. The second kappa shape index (κ2) is 5.69. The summed E-state index contributed by atoms with van der Waals surface area (Å²) in [6, 6.07) is 6.92. The van der Waals surface area contributed by atoms with Crippen molar-refractivity contribution in [3.63, 3.8) is 0 Å². The van der Waals surface area contributed by atoms with Crippen molar-refractivity contribution in [2.75, 3.05) is 11.1 Å². The number of nitrogens with zero attached hydrogens (tertiary/aromatic N) is 1. The van der Waals surface area contributed by atoms with Crippen LogP contribution in [0.15, 0.2) is 24.3 Å². The van der Waals surface area contributed by atoms with E-state index in [0.717, 1.165) is 11.1 Å². The van der Waals surface area contributed by atoms with Crippen LogP contribution in [-0.2, 0) is 0 Å². The summed E-state index contributed by atoms with van der Waals surface area (Å²) in [6.45, 7) is 3.61. The molecule has 0 saturated carbocycles. The molecule has 0 aliphatic heterocycles. The van der Waals surface area contributed by atoms with Gasteiger partial charge in [-0.25, -0.2) is 4.98 Å². The largest absolute Gasteiger partial charge is 0.398 e. The number of nitrogen functional groups attached to an aromatic ring is 1. The van der Waals surface area contributed by atoms with Crippen LogP contribution in [0.4, 0.5) is 11.4 Å². The first-order valence-corrected chi connectivity index (χ1v) is 6.65. The van der Waals surface area contributed by atoms with Crippen molar-refractivity contribution in [1.82, 2.24) is 4.98 Å². The van der Waals surface area contributed by atoms with E-state index in [-0.39, 0.29) is 16.2 Å². The fourth-order valence-corrected chi connectivity index (χ4v) is 2.50. The smallest absolute Gasteiger partial charge is 0.258 e. The van der Waals surface area contributed by atoms with E-state index in [9.17, 15) is 4.79 Å². The molecule has 0 radical (unpaired) electrons. The second-order valence-electron chi connectivity index (χ2n) is 4.42. The van der Waals surface area contributed by atoms with Crippen LogP contribution in [0.2, 0.25) is 10.3 Å². The molecule has 104 valence electrons. The zero-order chi connectivity index (χ0) is 14.9. The van der Waals surface area contributed by atoms with Gasteiger partial charge in [-0.2, -0.15) is 0 Å². The topological polar surface area (TPSA) is 68.0 Å². The number of aromatic nitrogens is 1. The Bertz CT molecular complexity index is 643. The standard InChI is InChI=1S/C14H13Cl2N3O/c1-7-4-3-5-9(17)11(7)14(20)19-12-8(2)6-10(15)18-13(12)16/h3-6H,17H2,1-2H3,(H,19,20). The monoisotopic (exact) mass is 309 g/mol. The molecule has 0 spiro atoms. The Morgan fingerprint density at radius 1 is 1.25 bits per heavy atom. The number of nitrogens with one attached hydrogen (secondary N) is 1. The molecular formula is C14H13Cl2N3O. The summed E-state index contributed by atoms with van der Waals surface area (Å²) < 4.78 is 0. The number of pyridine rings is 1. The molecule has 1 aromatic heterocycles. The average Bonchev–Trinajstić information content (AvgIpc) is 2.33. The Morgan fingerprint density at radius 3 is 2.55 bits per heavy atom. The molecule has 0 aliphatic carbocycles. The maximum absolute atomic E-state index is 12.3. The predicted molar refractivity (Wildman–Crippen MR) is 82.5 cm³/mol. The summed E-state index contributed by atoms with van der Waals surface area (Å²) >= 11 is 11.8. The van der Waals surface area contributed by atoms with Crippen LogP contribution in [-0.4, -0.2) is 10.9 Å². The van der Waals surface area contributed by atoms with Gasteiger partial charge in [0.2, 0.25) is 0 Å². The number of amides is 1. The van der Waals surface area contributed by atoms with Crippen molar-refractivity contribution in [2.45, 2.75) is 13.8 Å². The first-order chi connectivity index (χ1) is 9.40. The van der Waals surface area contributed by atoms with Gasteiger partial charge in [0.25, 0.3) is 5.91 Å². The van der Waals surface area contributed by atoms with E-state index < -0.39 is 0 Å². The molecule has 2 aromatic rings. The summed E-state index contributed by atoms with van der Waals surface area (Å²) in [6.07, 6.45) is 0. The van der Waals surface area contributed by atoms with Gasteiger partial charge in [0, 0.05) is 5.69 Å². The van der Waals surface area contributed by atoms with Crippen molar-refractivity contribution in [2.24, 2.45) is 0 Å². The zero-order valence-electron chi connectivity index (χ0n) is 11.0. The normalized spacial score (nSPS) is 10.4. The number of carbonyl (C=O) groups excluding carboxylic acids is 1. The number of hydrogen-bond donors (Lipinski definition) is 2. The molecule has 1 amide bonds. The number of aryl methyl sites for hydroxylation is 2. The van der Waals surface area contributed by atoms with Gasteiger partial charge >= 0.3 is 0 Å². The highest BCUT2D eigenvalue weighted by Gasteiger charge is 2.16. The molecule has 3 N–H and O–H groups in total. The number of hydrogen-bond acceptors (Lipinski definition) is 3. The van der Waals surface area contributed by atoms with Crippen molar-refractivity contribution < 1.29 is 4.79 Å². The first-order valence-electron chi connectivity index (χ1n) is 5.89. The van der Waals surface area contributed by atoms with Gasteiger partial charge in [-0.1, -0.05) is 35.3 Å². The molecule has 0 bridgehead atoms. The number of halogens is 2. The van der Waals surface area contributed by atoms with Crippen LogP contribution < -0.4 is 11.1 Å². The minimum atomic E-state index is -0.324. The van der Waals surface area contributed by atoms with Gasteiger partial charge in [-0.15, -0.1) is 0 Å². The van der Waals surface area contributed by atoms with E-state index in [1.165, 1.54) is 0 Å². The Hall–Kier alpha value is -1.78. The van der Waals surface area contributed by atoms with Crippen molar-refractivity contribution >= 4 is 40.5 Å². The van der Waals surface area contributed by atoms with Crippen LogP contribution in [0.5, 0.6) is 0 Å². The highest BCUT2D eigenvalue weighted by Crippen LogP contribution is 2.28. The number of nitrogens with two attached hydrogens (primary N) is 1. The number of carbonyl (C=O) groups is 1. The zero-order valence-corrected chi connectivity index (χ0v) is 12.5. The lowest BCUT2D eigenvalue weighted by Gasteiger charge is -2.13. The van der Waals surface area contributed by atoms with Crippen LogP contribution >= 0.6 is 23.2 Å². The van der Waals surface area contributed by atoms with Crippen LogP contribution in [0, 0.1) is 13.8 Å². The molecule has 0 atom stereocenters. The van der Waals surface area contributed by atoms with Gasteiger partial charge < -0.3 is 11.1 Å². The Kier molecular flexibility index (Phi) is 4.16. The van der Waals surface area contributed by atoms with Gasteiger partial charge in [-0.3, -0.25) is 4.79 Å². The van der Waals surface area contributed by atoms with Crippen molar-refractivity contribution in [3.05, 3.63) is 51.3 Å². The molecule has 1 heterocycles. The third kappa shape index (κ3) is 2.86. The Morgan fingerprint density at radius 2 is 1.95 bits per heavy atom. The molecule has 2 rings (SSSR count). The summed E-state index contributed by atoms with van der Waals surface area (Å²) in [5.41, 5.74) is 8.65. The van der Waals surface area contributed by atoms with E-state index in [0.29, 0.717) is 16.9 Å². The van der Waals surface area contributed by atoms with Gasteiger partial charge in [0.1, 0.15) is 5.15 Å². The molecule has 0 fully saturated rings. The van der Waals surface area contributed by atoms with Gasteiger partial charge in [0.05, 0.1) is 11.3 Å². The second-order valence-corrected chi connectivity index (χ2v) is 5.17. The Labute approximate surface area is 126 Å². The molecule has 20 heavy (non-hydrogen) atoms. The number of rotatable bonds is 2. The average molecular weight is 310 g/mol. The first kappa shape index (κ1) is 14.6. The highest BCUT2D eigenvalue weighted by atomic mass is 35.5. The molecule has 6 heteroatoms. The third-order valence-corrected chi connectivity index (χ3v) is 3.38. The van der Waals surface area contributed by atoms with Crippen LogP contribution in [0.25, 0.3) is 0 Å². The maximum atomic E-state index is 12.3. The predicted octanol–water partition coefficient (Wildman–Crippen LogP) is 3.84. The summed E-state index contributed by atoms with van der Waals surface area (Å²) in [4.78, 5) is 16.2. The van der Waals surface area contributed by atoms with Crippen molar-refractivity contribution in [3.8, 4) is 0 Å². The third-order valence-electron chi connectivity index (χ3n) is 2.91. The van der Waals surface area contributed by atoms with Crippen LogP contribution in [0.3, 0.4) is 0 Å². The molecule has 0 unspecified atom stereocenters. The molecule has 1 aromatic carbocycles. The van der Waals surface area contributed by atoms with Gasteiger partial charge in [-0.05, 0) is 37.1 Å². The molecule has 4 nitrogen and oxygen atoms in total.